The normalized spacial score (nSPS) is 12.7. The molecule has 0 bridgehead atoms. The summed E-state index contributed by atoms with van der Waals surface area (Å²) >= 11 is 0. The number of hydrogen-bond acceptors (Lipinski definition) is 3. The molecule has 0 fully saturated rings. The molecule has 0 aliphatic heterocycles. The number of aliphatic carboxylic acids is 1. The number of carbonyl (C=O) groups excluding carboxylic acids is 1. The van der Waals surface area contributed by atoms with E-state index >= 15 is 0 Å². The zero-order chi connectivity index (χ0) is 21.6. The van der Waals surface area contributed by atoms with Crippen LogP contribution in [0.2, 0.25) is 0 Å². The van der Waals surface area contributed by atoms with E-state index in [9.17, 15) is 41.0 Å². The van der Waals surface area contributed by atoms with Crippen LogP contribution >= 0.6 is 0 Å². The zero-order valence-electron chi connectivity index (χ0n) is 14.5. The number of halogens is 6. The number of carbonyl (C=O) groups is 2. The number of nitrogens with one attached hydrogen (secondary N) is 1. The van der Waals surface area contributed by atoms with Crippen molar-refractivity contribution in [3.05, 3.63) is 29.8 Å². The maximum absolute atomic E-state index is 12.8. The third-order valence-corrected chi connectivity index (χ3v) is 3.95. The fourth-order valence-electron chi connectivity index (χ4n) is 2.42. The van der Waals surface area contributed by atoms with Gasteiger partial charge in [0.15, 0.2) is 0 Å². The van der Waals surface area contributed by atoms with Crippen molar-refractivity contribution in [1.29, 1.82) is 0 Å². The third-order valence-electron chi connectivity index (χ3n) is 3.95. The van der Waals surface area contributed by atoms with E-state index in [1.807, 2.05) is 0 Å². The van der Waals surface area contributed by atoms with Gasteiger partial charge in [0.2, 0.25) is 5.91 Å². The molecule has 1 rings (SSSR count). The van der Waals surface area contributed by atoms with Crippen molar-refractivity contribution in [3.8, 4) is 0 Å². The predicted octanol–water partition coefficient (Wildman–Crippen LogP) is 4.36. The number of hydrogen-bond donors (Lipinski definition) is 3. The van der Waals surface area contributed by atoms with Gasteiger partial charge in [-0.3, -0.25) is 9.59 Å². The third kappa shape index (κ3) is 6.11. The summed E-state index contributed by atoms with van der Waals surface area (Å²) in [4.78, 5) is 22.1. The lowest BCUT2D eigenvalue weighted by Crippen LogP contribution is -2.53. The van der Waals surface area contributed by atoms with Crippen LogP contribution in [0.15, 0.2) is 24.3 Å². The van der Waals surface area contributed by atoms with Crippen molar-refractivity contribution in [1.82, 2.24) is 0 Å². The molecule has 0 spiro atoms. The molecule has 5 nitrogen and oxygen atoms in total. The molecule has 0 aliphatic carbocycles. The molecule has 28 heavy (non-hydrogen) atoms. The first-order chi connectivity index (χ1) is 12.8. The summed E-state index contributed by atoms with van der Waals surface area (Å²) < 4.78 is 76.8. The number of carboxylic acid groups (broad SMARTS) is 1. The van der Waals surface area contributed by atoms with Gasteiger partial charge >= 0.3 is 18.3 Å². The quantitative estimate of drug-likeness (QED) is 0.413. The SMILES string of the molecule is O=C(O)CCCCCCC(=O)Nc1ccc(C(O)(C(F)(F)F)C(F)(F)F)cc1. The van der Waals surface area contributed by atoms with Crippen LogP contribution in [0.5, 0.6) is 0 Å². The highest BCUT2D eigenvalue weighted by molar-refractivity contribution is 5.90. The molecule has 11 heteroatoms. The molecular formula is C17H19F6NO4. The molecule has 0 saturated heterocycles. The Bertz CT molecular complexity index is 656. The number of benzene rings is 1. The van der Waals surface area contributed by atoms with Crippen LogP contribution in [0.25, 0.3) is 0 Å². The number of rotatable bonds is 9. The molecule has 1 aromatic rings. The van der Waals surface area contributed by atoms with Gasteiger partial charge in [-0.2, -0.15) is 26.3 Å². The Labute approximate surface area is 156 Å². The Hall–Kier alpha value is -2.30. The second-order valence-corrected chi connectivity index (χ2v) is 6.14. The van der Waals surface area contributed by atoms with Crippen LogP contribution < -0.4 is 5.32 Å². The summed E-state index contributed by atoms with van der Waals surface area (Å²) in [5.74, 6) is -1.41. The van der Waals surface area contributed by atoms with E-state index in [0.717, 1.165) is 12.1 Å². The first-order valence-electron chi connectivity index (χ1n) is 8.27. The first kappa shape index (κ1) is 23.7. The molecule has 0 saturated carbocycles. The van der Waals surface area contributed by atoms with Gasteiger partial charge in [0.25, 0.3) is 5.60 Å². The summed E-state index contributed by atoms with van der Waals surface area (Å²) in [5, 5.41) is 20.1. The van der Waals surface area contributed by atoms with Gasteiger partial charge in [-0.15, -0.1) is 0 Å². The van der Waals surface area contributed by atoms with Crippen molar-refractivity contribution < 1.29 is 46.1 Å². The fraction of sp³-hybridized carbons (Fsp3) is 0.529. The van der Waals surface area contributed by atoms with Gasteiger partial charge in [0, 0.05) is 24.1 Å². The zero-order valence-corrected chi connectivity index (χ0v) is 14.5. The van der Waals surface area contributed by atoms with Gasteiger partial charge in [0.1, 0.15) is 0 Å². The van der Waals surface area contributed by atoms with Crippen molar-refractivity contribution in [2.24, 2.45) is 0 Å². The molecule has 158 valence electrons. The Kier molecular flexibility index (Phi) is 7.85. The van der Waals surface area contributed by atoms with Gasteiger partial charge in [-0.05, 0) is 25.0 Å². The van der Waals surface area contributed by atoms with Crippen molar-refractivity contribution in [3.63, 3.8) is 0 Å². The monoisotopic (exact) mass is 415 g/mol. The average molecular weight is 415 g/mol. The second-order valence-electron chi connectivity index (χ2n) is 6.14. The summed E-state index contributed by atoms with van der Waals surface area (Å²) in [6.07, 6.45) is -9.73. The molecule has 0 heterocycles. The maximum atomic E-state index is 12.8. The first-order valence-corrected chi connectivity index (χ1v) is 8.27. The van der Waals surface area contributed by atoms with E-state index in [4.69, 9.17) is 5.11 Å². The van der Waals surface area contributed by atoms with Crippen molar-refractivity contribution in [2.45, 2.75) is 56.5 Å². The number of unbranched alkanes of at least 4 members (excludes halogenated alkanes) is 3. The maximum Gasteiger partial charge on any atom is 0.430 e. The lowest BCUT2D eigenvalue weighted by molar-refractivity contribution is -0.376. The standard InChI is InChI=1S/C17H19F6NO4/c18-16(19,20)15(28,17(21,22)23)11-7-9-12(10-8-11)24-13(25)5-3-1-2-4-6-14(26)27/h7-10,28H,1-6H2,(H,24,25)(H,26,27). The van der Waals surface area contributed by atoms with Crippen molar-refractivity contribution in [2.75, 3.05) is 5.32 Å². The molecule has 0 aliphatic rings. The highest BCUT2D eigenvalue weighted by Gasteiger charge is 2.71. The van der Waals surface area contributed by atoms with Gasteiger partial charge in [-0.25, -0.2) is 0 Å². The highest BCUT2D eigenvalue weighted by atomic mass is 19.4. The van der Waals surface area contributed by atoms with Gasteiger partial charge < -0.3 is 15.5 Å². The smallest absolute Gasteiger partial charge is 0.430 e. The summed E-state index contributed by atoms with van der Waals surface area (Å²) in [6, 6.07) is 2.57. The number of anilines is 1. The van der Waals surface area contributed by atoms with Crippen LogP contribution in [0.3, 0.4) is 0 Å². The Morgan fingerprint density at radius 3 is 1.71 bits per heavy atom. The van der Waals surface area contributed by atoms with E-state index in [2.05, 4.69) is 5.32 Å². The summed E-state index contributed by atoms with van der Waals surface area (Å²) in [5.41, 5.74) is -6.45. The van der Waals surface area contributed by atoms with Gasteiger partial charge in [-0.1, -0.05) is 25.0 Å². The molecule has 0 aromatic heterocycles. The average Bonchev–Trinajstić information content (AvgIpc) is 2.55. The van der Waals surface area contributed by atoms with E-state index in [-0.39, 0.29) is 18.5 Å². The molecule has 0 radical (unpaired) electrons. The lowest BCUT2D eigenvalue weighted by Gasteiger charge is -2.32. The number of aliphatic hydroxyl groups is 1. The lowest BCUT2D eigenvalue weighted by atomic mass is 9.92. The largest absolute Gasteiger partial charge is 0.481 e. The number of carboxylic acids is 1. The van der Waals surface area contributed by atoms with Crippen LogP contribution in [0.4, 0.5) is 32.0 Å². The molecule has 0 atom stereocenters. The topological polar surface area (TPSA) is 86.6 Å². The summed E-state index contributed by atoms with van der Waals surface area (Å²) in [6.45, 7) is 0. The van der Waals surface area contributed by atoms with Gasteiger partial charge in [0.05, 0.1) is 0 Å². The van der Waals surface area contributed by atoms with Crippen LogP contribution in [-0.4, -0.2) is 34.4 Å². The number of amides is 1. The van der Waals surface area contributed by atoms with Crippen LogP contribution in [0.1, 0.15) is 44.1 Å². The van der Waals surface area contributed by atoms with E-state index in [1.165, 1.54) is 0 Å². The fourth-order valence-corrected chi connectivity index (χ4v) is 2.42. The van der Waals surface area contributed by atoms with E-state index < -0.39 is 35.4 Å². The molecular weight excluding hydrogens is 396 g/mol. The minimum absolute atomic E-state index is 0.0219. The Balaban J connectivity index is 2.65. The van der Waals surface area contributed by atoms with E-state index in [0.29, 0.717) is 37.8 Å². The summed E-state index contributed by atoms with van der Waals surface area (Å²) in [7, 11) is 0. The minimum Gasteiger partial charge on any atom is -0.481 e. The Morgan fingerprint density at radius 2 is 1.29 bits per heavy atom. The molecule has 1 amide bonds. The Morgan fingerprint density at radius 1 is 0.821 bits per heavy atom. The van der Waals surface area contributed by atoms with E-state index in [1.54, 1.807) is 0 Å². The predicted molar refractivity (Wildman–Crippen MR) is 86.4 cm³/mol. The van der Waals surface area contributed by atoms with Crippen LogP contribution in [-0.2, 0) is 15.2 Å². The highest BCUT2D eigenvalue weighted by Crippen LogP contribution is 2.50. The minimum atomic E-state index is -5.98. The second kappa shape index (κ2) is 9.26. The number of alkyl halides is 6. The molecule has 1 aromatic carbocycles. The van der Waals surface area contributed by atoms with Crippen LogP contribution in [0, 0.1) is 0 Å². The van der Waals surface area contributed by atoms with Crippen molar-refractivity contribution >= 4 is 17.6 Å². The molecule has 0 unspecified atom stereocenters. The molecule has 3 N–H and O–H groups in total.